The van der Waals surface area contributed by atoms with Crippen LogP contribution in [0.1, 0.15) is 16.7 Å². The molecule has 4 rings (SSSR count). The van der Waals surface area contributed by atoms with Crippen LogP contribution in [0.4, 0.5) is 4.39 Å². The van der Waals surface area contributed by atoms with Gasteiger partial charge in [0, 0.05) is 22.9 Å². The first-order valence-corrected chi connectivity index (χ1v) is 9.40. The lowest BCUT2D eigenvalue weighted by Gasteiger charge is -2.27. The van der Waals surface area contributed by atoms with E-state index in [0.717, 1.165) is 16.9 Å². The first kappa shape index (κ1) is 19.7. The van der Waals surface area contributed by atoms with E-state index in [4.69, 9.17) is 19.9 Å². The van der Waals surface area contributed by atoms with Gasteiger partial charge in [0.15, 0.2) is 5.54 Å². The lowest BCUT2D eigenvalue weighted by atomic mass is 9.82. The van der Waals surface area contributed by atoms with Crippen LogP contribution in [0.2, 0.25) is 0 Å². The zero-order chi connectivity index (χ0) is 21.3. The van der Waals surface area contributed by atoms with E-state index in [0.29, 0.717) is 22.4 Å². The van der Waals surface area contributed by atoms with E-state index in [1.54, 1.807) is 50.9 Å². The van der Waals surface area contributed by atoms with Crippen molar-refractivity contribution in [3.63, 3.8) is 0 Å². The van der Waals surface area contributed by atoms with Crippen molar-refractivity contribution in [2.24, 2.45) is 10.7 Å². The maximum absolute atomic E-state index is 15.9. The quantitative estimate of drug-likeness (QED) is 0.696. The number of nitrogens with zero attached hydrogens (tertiary/aromatic N) is 2. The molecule has 0 fully saturated rings. The van der Waals surface area contributed by atoms with Crippen LogP contribution in [-0.4, -0.2) is 31.8 Å². The second kappa shape index (κ2) is 7.67. The number of pyridine rings is 1. The molecule has 1 aliphatic heterocycles. The fourth-order valence-corrected chi connectivity index (χ4v) is 3.76. The topological polar surface area (TPSA) is 79.0 Å². The van der Waals surface area contributed by atoms with Crippen LogP contribution in [0, 0.1) is 12.7 Å². The minimum atomic E-state index is -1.10. The number of ether oxygens (including phenoxy) is 3. The predicted octanol–water partition coefficient (Wildman–Crippen LogP) is 3.80. The van der Waals surface area contributed by atoms with Crippen molar-refractivity contribution in [3.8, 4) is 22.6 Å². The van der Waals surface area contributed by atoms with Gasteiger partial charge in [0.1, 0.15) is 23.9 Å². The summed E-state index contributed by atoms with van der Waals surface area (Å²) in [5.41, 5.74) is 7.80. The van der Waals surface area contributed by atoms with Gasteiger partial charge in [-0.2, -0.15) is 0 Å². The maximum atomic E-state index is 15.9. The molecule has 0 saturated carbocycles. The number of nitrogens with two attached hydrogens (primary N) is 1. The van der Waals surface area contributed by atoms with Crippen molar-refractivity contribution in [3.05, 3.63) is 77.4 Å². The van der Waals surface area contributed by atoms with E-state index in [1.165, 1.54) is 0 Å². The van der Waals surface area contributed by atoms with Crippen molar-refractivity contribution in [2.45, 2.75) is 12.5 Å². The molecule has 154 valence electrons. The molecule has 0 saturated heterocycles. The highest BCUT2D eigenvalue weighted by atomic mass is 19.1. The van der Waals surface area contributed by atoms with Crippen LogP contribution < -0.4 is 15.2 Å². The van der Waals surface area contributed by atoms with Crippen molar-refractivity contribution < 1.29 is 18.6 Å². The Morgan fingerprint density at radius 2 is 1.93 bits per heavy atom. The Morgan fingerprint density at radius 1 is 1.10 bits per heavy atom. The molecular weight excluding hydrogens is 385 g/mol. The van der Waals surface area contributed by atoms with Gasteiger partial charge in [0.25, 0.3) is 6.02 Å². The van der Waals surface area contributed by atoms with E-state index in [2.05, 4.69) is 9.98 Å². The molecule has 0 amide bonds. The van der Waals surface area contributed by atoms with Crippen molar-refractivity contribution in [1.82, 2.24) is 4.98 Å². The number of benzene rings is 2. The van der Waals surface area contributed by atoms with Crippen LogP contribution in [0.3, 0.4) is 0 Å². The summed E-state index contributed by atoms with van der Waals surface area (Å²) >= 11 is 0. The molecule has 0 spiro atoms. The largest absolute Gasteiger partial charge is 0.496 e. The van der Waals surface area contributed by atoms with Crippen LogP contribution in [0.25, 0.3) is 11.1 Å². The summed E-state index contributed by atoms with van der Waals surface area (Å²) in [4.78, 5) is 8.68. The maximum Gasteiger partial charge on any atom is 0.283 e. The van der Waals surface area contributed by atoms with Crippen LogP contribution >= 0.6 is 0 Å². The van der Waals surface area contributed by atoms with Gasteiger partial charge in [-0.15, -0.1) is 0 Å². The first-order chi connectivity index (χ1) is 14.5. The third kappa shape index (κ3) is 3.22. The molecule has 7 heteroatoms. The smallest absolute Gasteiger partial charge is 0.283 e. The highest BCUT2D eigenvalue weighted by molar-refractivity contribution is 5.76. The molecule has 0 bridgehead atoms. The molecule has 2 heterocycles. The number of aliphatic imine (C=N–C) groups is 1. The fraction of sp³-hybridized carbons (Fsp3) is 0.217. The summed E-state index contributed by atoms with van der Waals surface area (Å²) < 4.78 is 32.0. The standard InChI is InChI=1S/C23H22FN3O3/c1-14-9-16(7-8-20(14)29-3)23(13-30-22(25)27-23)19-6-4-5-18(21(19)24)15-10-17(28-2)12-26-11-15/h4-12H,13H2,1-3H3,(H2,25,27). The van der Waals surface area contributed by atoms with E-state index in [-0.39, 0.29) is 12.6 Å². The molecule has 2 aromatic carbocycles. The molecule has 6 nitrogen and oxygen atoms in total. The molecule has 1 atom stereocenters. The normalized spacial score (nSPS) is 17.9. The number of amidine groups is 1. The molecule has 1 aliphatic rings. The van der Waals surface area contributed by atoms with Gasteiger partial charge in [0.2, 0.25) is 0 Å². The second-order valence-corrected chi connectivity index (χ2v) is 7.06. The van der Waals surface area contributed by atoms with Crippen molar-refractivity contribution in [1.29, 1.82) is 0 Å². The third-order valence-corrected chi connectivity index (χ3v) is 5.31. The summed E-state index contributed by atoms with van der Waals surface area (Å²) in [6.45, 7) is 2.02. The van der Waals surface area contributed by atoms with Crippen LogP contribution in [0.5, 0.6) is 11.5 Å². The fourth-order valence-electron chi connectivity index (χ4n) is 3.76. The summed E-state index contributed by atoms with van der Waals surface area (Å²) in [5.74, 6) is 0.869. The zero-order valence-corrected chi connectivity index (χ0v) is 17.0. The number of aryl methyl sites for hydroxylation is 1. The molecular formula is C23H22FN3O3. The van der Waals surface area contributed by atoms with E-state index in [1.807, 2.05) is 25.1 Å². The predicted molar refractivity (Wildman–Crippen MR) is 112 cm³/mol. The lowest BCUT2D eigenvalue weighted by Crippen LogP contribution is -2.29. The van der Waals surface area contributed by atoms with Crippen LogP contribution in [0.15, 0.2) is 59.9 Å². The van der Waals surface area contributed by atoms with Crippen molar-refractivity contribution in [2.75, 3.05) is 20.8 Å². The molecule has 0 aliphatic carbocycles. The highest BCUT2D eigenvalue weighted by Gasteiger charge is 2.42. The molecule has 0 radical (unpaired) electrons. The number of halogens is 1. The lowest BCUT2D eigenvalue weighted by molar-refractivity contribution is 0.275. The third-order valence-electron chi connectivity index (χ3n) is 5.31. The highest BCUT2D eigenvalue weighted by Crippen LogP contribution is 2.42. The number of hydrogen-bond acceptors (Lipinski definition) is 6. The van der Waals surface area contributed by atoms with Gasteiger partial charge in [-0.05, 0) is 36.2 Å². The second-order valence-electron chi connectivity index (χ2n) is 7.06. The number of hydrogen-bond donors (Lipinski definition) is 1. The first-order valence-electron chi connectivity index (χ1n) is 9.40. The Bertz CT molecular complexity index is 1130. The van der Waals surface area contributed by atoms with Gasteiger partial charge < -0.3 is 19.9 Å². The average molecular weight is 407 g/mol. The molecule has 30 heavy (non-hydrogen) atoms. The number of rotatable bonds is 5. The van der Waals surface area contributed by atoms with Gasteiger partial charge in [0.05, 0.1) is 20.4 Å². The van der Waals surface area contributed by atoms with E-state index in [9.17, 15) is 0 Å². The minimum absolute atomic E-state index is 0.0244. The van der Waals surface area contributed by atoms with Crippen molar-refractivity contribution >= 4 is 6.02 Å². The Balaban J connectivity index is 1.90. The molecule has 1 unspecified atom stereocenters. The SMILES string of the molecule is COc1cncc(-c2cccc(C3(c4ccc(OC)c(C)c4)COC(N)=N3)c2F)c1. The number of methoxy groups -OCH3 is 2. The molecule has 3 aromatic rings. The van der Waals surface area contributed by atoms with Gasteiger partial charge in [-0.1, -0.05) is 24.3 Å². The summed E-state index contributed by atoms with van der Waals surface area (Å²) in [6, 6.07) is 12.6. The summed E-state index contributed by atoms with van der Waals surface area (Å²) in [5, 5.41) is 0. The summed E-state index contributed by atoms with van der Waals surface area (Å²) in [6.07, 6.45) is 3.17. The Morgan fingerprint density at radius 3 is 2.60 bits per heavy atom. The van der Waals surface area contributed by atoms with Gasteiger partial charge >= 0.3 is 0 Å². The Labute approximate surface area is 174 Å². The van der Waals surface area contributed by atoms with E-state index >= 15 is 4.39 Å². The Hall–Kier alpha value is -3.61. The average Bonchev–Trinajstić information content (AvgIpc) is 3.16. The zero-order valence-electron chi connectivity index (χ0n) is 17.0. The molecule has 1 aromatic heterocycles. The van der Waals surface area contributed by atoms with Gasteiger partial charge in [-0.25, -0.2) is 9.38 Å². The van der Waals surface area contributed by atoms with Crippen LogP contribution in [-0.2, 0) is 10.3 Å². The van der Waals surface area contributed by atoms with E-state index < -0.39 is 11.4 Å². The number of aromatic nitrogens is 1. The summed E-state index contributed by atoms with van der Waals surface area (Å²) in [7, 11) is 3.15. The Kier molecular flexibility index (Phi) is 5.03. The van der Waals surface area contributed by atoms with Gasteiger partial charge in [-0.3, -0.25) is 4.98 Å². The monoisotopic (exact) mass is 407 g/mol. The minimum Gasteiger partial charge on any atom is -0.496 e. The molecule has 2 N–H and O–H groups in total.